The Morgan fingerprint density at radius 3 is 1.62 bits per heavy atom. The molecule has 1 rings (SSSR count). The van der Waals surface area contributed by atoms with Gasteiger partial charge < -0.3 is 59.7 Å². The van der Waals surface area contributed by atoms with Crippen molar-refractivity contribution in [2.45, 2.75) is 128 Å². The van der Waals surface area contributed by atoms with Crippen molar-refractivity contribution >= 4 is 41.4 Å². The number of hydrogen-bond acceptors (Lipinski definition) is 11. The summed E-state index contributed by atoms with van der Waals surface area (Å²) >= 11 is 0. The molecule has 0 aliphatic carbocycles. The van der Waals surface area contributed by atoms with Gasteiger partial charge in [-0.3, -0.25) is 28.8 Å². The molecule has 0 bridgehead atoms. The molecule has 0 aliphatic heterocycles. The molecule has 0 aliphatic rings. The molecular formula is C37H63N9O9. The summed E-state index contributed by atoms with van der Waals surface area (Å²) in [6, 6.07) is -0.887. The van der Waals surface area contributed by atoms with Gasteiger partial charge in [-0.25, -0.2) is 4.79 Å². The first kappa shape index (κ1) is 48.2. The van der Waals surface area contributed by atoms with Gasteiger partial charge in [0.25, 0.3) is 0 Å². The monoisotopic (exact) mass is 777 g/mol. The maximum atomic E-state index is 13.8. The number of hydrogen-bond donors (Lipinski definition) is 11. The summed E-state index contributed by atoms with van der Waals surface area (Å²) in [5, 5.41) is 32.3. The van der Waals surface area contributed by atoms with Gasteiger partial charge in [-0.2, -0.15) is 0 Å². The zero-order chi connectivity index (χ0) is 41.7. The second kappa shape index (κ2) is 25.3. The summed E-state index contributed by atoms with van der Waals surface area (Å²) < 4.78 is 0. The van der Waals surface area contributed by atoms with E-state index in [9.17, 15) is 43.8 Å². The van der Waals surface area contributed by atoms with Crippen molar-refractivity contribution in [3.8, 4) is 5.75 Å². The second-order valence-corrected chi connectivity index (χ2v) is 14.2. The molecular weight excluding hydrogens is 714 g/mol. The Labute approximate surface area is 323 Å². The molecule has 0 unspecified atom stereocenters. The minimum Gasteiger partial charge on any atom is -0.508 e. The molecule has 0 saturated heterocycles. The molecule has 18 heteroatoms. The van der Waals surface area contributed by atoms with Crippen LogP contribution < -0.4 is 49.5 Å². The Hall–Kier alpha value is -4.81. The number of benzene rings is 1. The van der Waals surface area contributed by atoms with Gasteiger partial charge in [-0.1, -0.05) is 46.2 Å². The number of carboxylic acids is 1. The Kier molecular flexibility index (Phi) is 22.2. The number of amides is 6. The van der Waals surface area contributed by atoms with Gasteiger partial charge in [0.05, 0.1) is 6.04 Å². The lowest BCUT2D eigenvalue weighted by molar-refractivity contribution is -0.142. The van der Waals surface area contributed by atoms with Crippen LogP contribution in [0.2, 0.25) is 0 Å². The molecule has 0 saturated carbocycles. The van der Waals surface area contributed by atoms with Crippen molar-refractivity contribution in [3.05, 3.63) is 29.8 Å². The molecule has 55 heavy (non-hydrogen) atoms. The van der Waals surface area contributed by atoms with E-state index in [0.717, 1.165) is 0 Å². The zero-order valence-electron chi connectivity index (χ0n) is 32.5. The van der Waals surface area contributed by atoms with E-state index in [4.69, 9.17) is 22.9 Å². The lowest BCUT2D eigenvalue weighted by Crippen LogP contribution is -2.61. The summed E-state index contributed by atoms with van der Waals surface area (Å²) in [4.78, 5) is 91.0. The van der Waals surface area contributed by atoms with Crippen LogP contribution in [0.4, 0.5) is 0 Å². The van der Waals surface area contributed by atoms with E-state index in [1.54, 1.807) is 32.9 Å². The first-order valence-electron chi connectivity index (χ1n) is 18.9. The van der Waals surface area contributed by atoms with Gasteiger partial charge >= 0.3 is 5.97 Å². The quantitative estimate of drug-likeness (QED) is 0.0479. The number of rotatable bonds is 27. The normalized spacial score (nSPS) is 15.0. The predicted octanol–water partition coefficient (Wildman–Crippen LogP) is -1.00. The van der Waals surface area contributed by atoms with Crippen LogP contribution >= 0.6 is 0 Å². The first-order chi connectivity index (χ1) is 25.9. The van der Waals surface area contributed by atoms with Crippen molar-refractivity contribution in [1.82, 2.24) is 26.6 Å². The average Bonchev–Trinajstić information content (AvgIpc) is 3.13. The topological polar surface area (TPSA) is 324 Å². The number of primary amides is 1. The Morgan fingerprint density at radius 1 is 0.655 bits per heavy atom. The molecule has 0 radical (unpaired) electrons. The SMILES string of the molecule is CC[C@H](C)[C@H](NC(=O)[C@@H](N)Cc1ccc(O)cc1)C(=O)N[C@@H](CCCCN)C(=O)N[C@H](C(=O)N[C@@H](CCC(N)=O)C(=O)N[C@@H](CCCCN)C(=O)O)C(C)C. The maximum Gasteiger partial charge on any atom is 0.326 e. The fourth-order valence-electron chi connectivity index (χ4n) is 5.59. The molecule has 0 spiro atoms. The summed E-state index contributed by atoms with van der Waals surface area (Å²) in [7, 11) is 0. The minimum atomic E-state index is -1.37. The third-order valence-electron chi connectivity index (χ3n) is 9.22. The molecule has 6 amide bonds. The van der Waals surface area contributed by atoms with Gasteiger partial charge in [0.2, 0.25) is 35.4 Å². The van der Waals surface area contributed by atoms with E-state index in [1.807, 2.05) is 6.92 Å². The fraction of sp³-hybridized carbons (Fsp3) is 0.649. The lowest BCUT2D eigenvalue weighted by Gasteiger charge is -2.29. The van der Waals surface area contributed by atoms with E-state index >= 15 is 0 Å². The van der Waals surface area contributed by atoms with Crippen LogP contribution in [-0.2, 0) is 40.0 Å². The van der Waals surface area contributed by atoms with Crippen LogP contribution in [-0.4, -0.2) is 101 Å². The molecule has 1 aromatic carbocycles. The number of aliphatic carboxylic acids is 1. The highest BCUT2D eigenvalue weighted by Crippen LogP contribution is 2.14. The molecule has 0 heterocycles. The smallest absolute Gasteiger partial charge is 0.326 e. The number of carboxylic acid groups (broad SMARTS) is 1. The van der Waals surface area contributed by atoms with Crippen molar-refractivity contribution in [2.24, 2.45) is 34.8 Å². The molecule has 1 aromatic rings. The van der Waals surface area contributed by atoms with E-state index in [2.05, 4.69) is 26.6 Å². The Balaban J connectivity index is 3.22. The number of phenolic OH excluding ortho intramolecular Hbond substituents is 1. The third-order valence-corrected chi connectivity index (χ3v) is 9.22. The summed E-state index contributed by atoms with van der Waals surface area (Å²) in [5.74, 6) is -6.44. The summed E-state index contributed by atoms with van der Waals surface area (Å²) in [5.41, 5.74) is 23.4. The van der Waals surface area contributed by atoms with Crippen molar-refractivity contribution in [1.29, 1.82) is 0 Å². The third kappa shape index (κ3) is 17.9. The van der Waals surface area contributed by atoms with Gasteiger partial charge in [0, 0.05) is 6.42 Å². The number of nitrogens with one attached hydrogen (secondary N) is 5. The van der Waals surface area contributed by atoms with Crippen LogP contribution in [0.15, 0.2) is 24.3 Å². The van der Waals surface area contributed by atoms with Crippen LogP contribution in [0.3, 0.4) is 0 Å². The number of phenols is 1. The van der Waals surface area contributed by atoms with Gasteiger partial charge in [-0.15, -0.1) is 0 Å². The molecule has 7 atom stereocenters. The highest BCUT2D eigenvalue weighted by Gasteiger charge is 2.35. The molecule has 0 aromatic heterocycles. The number of carbonyl (C=O) groups is 7. The van der Waals surface area contributed by atoms with Crippen LogP contribution in [0.5, 0.6) is 5.75 Å². The highest BCUT2D eigenvalue weighted by atomic mass is 16.4. The van der Waals surface area contributed by atoms with Gasteiger partial charge in [-0.05, 0) is 94.0 Å². The van der Waals surface area contributed by atoms with E-state index < -0.39 is 83.6 Å². The van der Waals surface area contributed by atoms with Crippen LogP contribution in [0.1, 0.15) is 91.0 Å². The molecule has 0 fully saturated rings. The standard InChI is InChI=1S/C37H63N9O9/c1-5-22(4)31(46-32(49)25(40)20-23-12-14-24(47)15-13-23)36(53)42-26(10-6-8-18-38)34(51)45-30(21(2)3)35(52)43-27(16-17-29(41)48)33(50)44-28(37(54)55)11-7-9-19-39/h12-15,21-22,25-28,30-31,47H,5-11,16-20,38-40H2,1-4H3,(H2,41,48)(H,42,53)(H,43,52)(H,44,50)(H,45,51)(H,46,49)(H,54,55)/t22-,25-,26-,27-,28-,30-,31-/m0/s1. The van der Waals surface area contributed by atoms with Crippen LogP contribution in [0.25, 0.3) is 0 Å². The fourth-order valence-corrected chi connectivity index (χ4v) is 5.59. The number of carbonyl (C=O) groups excluding carboxylic acids is 6. The summed E-state index contributed by atoms with van der Waals surface area (Å²) in [6.45, 7) is 7.57. The van der Waals surface area contributed by atoms with Crippen molar-refractivity contribution in [2.75, 3.05) is 13.1 Å². The Bertz CT molecular complexity index is 1410. The van der Waals surface area contributed by atoms with Gasteiger partial charge in [0.15, 0.2) is 0 Å². The highest BCUT2D eigenvalue weighted by molar-refractivity contribution is 5.96. The van der Waals surface area contributed by atoms with Crippen molar-refractivity contribution < 1.29 is 43.8 Å². The maximum absolute atomic E-state index is 13.8. The molecule has 18 nitrogen and oxygen atoms in total. The second-order valence-electron chi connectivity index (χ2n) is 14.2. The van der Waals surface area contributed by atoms with E-state index in [0.29, 0.717) is 50.8 Å². The van der Waals surface area contributed by atoms with Gasteiger partial charge in [0.1, 0.15) is 36.0 Å². The van der Waals surface area contributed by atoms with E-state index in [1.165, 1.54) is 12.1 Å². The van der Waals surface area contributed by atoms with E-state index in [-0.39, 0.29) is 43.8 Å². The first-order valence-corrected chi connectivity index (χ1v) is 18.9. The lowest BCUT2D eigenvalue weighted by atomic mass is 9.96. The largest absolute Gasteiger partial charge is 0.508 e. The number of unbranched alkanes of at least 4 members (excludes halogenated alkanes) is 2. The average molecular weight is 778 g/mol. The molecule has 310 valence electrons. The Morgan fingerprint density at radius 2 is 1.13 bits per heavy atom. The van der Waals surface area contributed by atoms with Crippen molar-refractivity contribution in [3.63, 3.8) is 0 Å². The number of aromatic hydroxyl groups is 1. The zero-order valence-corrected chi connectivity index (χ0v) is 32.5. The minimum absolute atomic E-state index is 0.0634. The number of nitrogens with two attached hydrogens (primary N) is 4. The molecule has 15 N–H and O–H groups in total. The van der Waals surface area contributed by atoms with Crippen LogP contribution in [0, 0.1) is 11.8 Å². The summed E-state index contributed by atoms with van der Waals surface area (Å²) in [6.07, 6.45) is 2.27. The predicted molar refractivity (Wildman–Crippen MR) is 206 cm³/mol.